The normalized spacial score (nSPS) is 21.4. The summed E-state index contributed by atoms with van der Waals surface area (Å²) in [6.07, 6.45) is 4.16. The smallest absolute Gasteiger partial charge is 0.244 e. The Bertz CT molecular complexity index is 996. The molecule has 1 aromatic rings. The first-order valence-corrected chi connectivity index (χ1v) is 13.2. The van der Waals surface area contributed by atoms with E-state index in [1.165, 1.54) is 4.31 Å². The standard InChI is InChI=1S/C23H32N4O5S/c1-17(23(30)25-12-2-3-13-25)24-22(29)18-10-15-26(16-11-18)33(31,32)20-8-6-19(7-9-20)27-14-4-5-21(27)28/h6-9,17-18H,2-5,10-16H2,1H3,(H,24,29). The fourth-order valence-electron chi connectivity index (χ4n) is 4.83. The summed E-state index contributed by atoms with van der Waals surface area (Å²) in [7, 11) is -3.68. The number of anilines is 1. The van der Waals surface area contributed by atoms with Crippen molar-refractivity contribution in [3.63, 3.8) is 0 Å². The molecule has 1 unspecified atom stereocenters. The van der Waals surface area contributed by atoms with Crippen molar-refractivity contribution < 1.29 is 22.8 Å². The Hall–Kier alpha value is -2.46. The van der Waals surface area contributed by atoms with Gasteiger partial charge in [-0.2, -0.15) is 4.31 Å². The topological polar surface area (TPSA) is 107 Å². The molecule has 3 saturated heterocycles. The van der Waals surface area contributed by atoms with Gasteiger partial charge in [-0.3, -0.25) is 14.4 Å². The number of carbonyl (C=O) groups excluding carboxylic acids is 3. The minimum atomic E-state index is -3.68. The Morgan fingerprint density at radius 2 is 1.61 bits per heavy atom. The lowest BCUT2D eigenvalue weighted by Gasteiger charge is -2.31. The predicted octanol–water partition coefficient (Wildman–Crippen LogP) is 1.34. The largest absolute Gasteiger partial charge is 0.344 e. The van der Waals surface area contributed by atoms with E-state index in [0.29, 0.717) is 31.5 Å². The van der Waals surface area contributed by atoms with Gasteiger partial charge in [-0.05, 0) is 63.3 Å². The molecule has 0 spiro atoms. The molecule has 0 saturated carbocycles. The van der Waals surface area contributed by atoms with Crippen LogP contribution in [0.2, 0.25) is 0 Å². The van der Waals surface area contributed by atoms with E-state index < -0.39 is 16.1 Å². The second-order valence-electron chi connectivity index (χ2n) is 9.08. The average molecular weight is 477 g/mol. The molecule has 10 heteroatoms. The summed E-state index contributed by atoms with van der Waals surface area (Å²) in [6, 6.07) is 5.87. The van der Waals surface area contributed by atoms with Crippen LogP contribution in [0.25, 0.3) is 0 Å². The molecule has 4 rings (SSSR count). The van der Waals surface area contributed by atoms with Crippen molar-refractivity contribution in [3.05, 3.63) is 24.3 Å². The third-order valence-electron chi connectivity index (χ3n) is 6.83. The Balaban J connectivity index is 1.31. The predicted molar refractivity (Wildman–Crippen MR) is 123 cm³/mol. The van der Waals surface area contributed by atoms with Crippen LogP contribution in [0.3, 0.4) is 0 Å². The Morgan fingerprint density at radius 3 is 2.18 bits per heavy atom. The zero-order valence-electron chi connectivity index (χ0n) is 19.0. The van der Waals surface area contributed by atoms with Crippen LogP contribution in [0.15, 0.2) is 29.2 Å². The van der Waals surface area contributed by atoms with Crippen LogP contribution in [0.1, 0.15) is 45.4 Å². The van der Waals surface area contributed by atoms with Gasteiger partial charge in [0, 0.05) is 50.7 Å². The zero-order valence-corrected chi connectivity index (χ0v) is 19.8. The van der Waals surface area contributed by atoms with Gasteiger partial charge in [-0.15, -0.1) is 0 Å². The summed E-state index contributed by atoms with van der Waals surface area (Å²) < 4.78 is 27.5. The van der Waals surface area contributed by atoms with Gasteiger partial charge >= 0.3 is 0 Å². The molecule has 1 atom stereocenters. The molecule has 9 nitrogen and oxygen atoms in total. The molecule has 0 aromatic heterocycles. The Morgan fingerprint density at radius 1 is 0.970 bits per heavy atom. The fourth-order valence-corrected chi connectivity index (χ4v) is 6.30. The molecule has 1 N–H and O–H groups in total. The van der Waals surface area contributed by atoms with E-state index in [0.717, 1.165) is 32.4 Å². The minimum Gasteiger partial charge on any atom is -0.344 e. The molecule has 3 heterocycles. The van der Waals surface area contributed by atoms with Crippen molar-refractivity contribution in [1.82, 2.24) is 14.5 Å². The lowest BCUT2D eigenvalue weighted by molar-refractivity contribution is -0.136. The van der Waals surface area contributed by atoms with Gasteiger partial charge in [0.05, 0.1) is 4.90 Å². The first-order chi connectivity index (χ1) is 15.8. The highest BCUT2D eigenvalue weighted by Crippen LogP contribution is 2.27. The van der Waals surface area contributed by atoms with Gasteiger partial charge in [0.25, 0.3) is 0 Å². The highest BCUT2D eigenvalue weighted by molar-refractivity contribution is 7.89. The maximum absolute atomic E-state index is 13.1. The van der Waals surface area contributed by atoms with E-state index in [1.807, 2.05) is 0 Å². The second-order valence-corrected chi connectivity index (χ2v) is 11.0. The lowest BCUT2D eigenvalue weighted by atomic mass is 9.97. The van der Waals surface area contributed by atoms with Crippen LogP contribution < -0.4 is 10.2 Å². The summed E-state index contributed by atoms with van der Waals surface area (Å²) >= 11 is 0. The zero-order chi connectivity index (χ0) is 23.6. The SMILES string of the molecule is CC(NC(=O)C1CCN(S(=O)(=O)c2ccc(N3CCCC3=O)cc2)CC1)C(=O)N1CCCC1. The highest BCUT2D eigenvalue weighted by atomic mass is 32.2. The molecule has 1 aromatic carbocycles. The van der Waals surface area contributed by atoms with E-state index >= 15 is 0 Å². The van der Waals surface area contributed by atoms with Gasteiger partial charge < -0.3 is 15.1 Å². The molecule has 0 radical (unpaired) electrons. The molecule has 180 valence electrons. The number of nitrogens with one attached hydrogen (secondary N) is 1. The van der Waals surface area contributed by atoms with Crippen LogP contribution in [-0.4, -0.2) is 74.1 Å². The molecular formula is C23H32N4O5S. The van der Waals surface area contributed by atoms with E-state index in [-0.39, 0.29) is 41.6 Å². The first kappa shape index (κ1) is 23.7. The van der Waals surface area contributed by atoms with Gasteiger partial charge in [-0.25, -0.2) is 8.42 Å². The molecule has 3 fully saturated rings. The monoisotopic (exact) mass is 476 g/mol. The molecule has 33 heavy (non-hydrogen) atoms. The van der Waals surface area contributed by atoms with Crippen molar-refractivity contribution in [2.24, 2.45) is 5.92 Å². The van der Waals surface area contributed by atoms with Crippen LogP contribution in [-0.2, 0) is 24.4 Å². The number of sulfonamides is 1. The van der Waals surface area contributed by atoms with Crippen molar-refractivity contribution in [3.8, 4) is 0 Å². The molecular weight excluding hydrogens is 444 g/mol. The maximum Gasteiger partial charge on any atom is 0.244 e. The number of amides is 3. The van der Waals surface area contributed by atoms with E-state index in [4.69, 9.17) is 0 Å². The number of piperidine rings is 1. The number of carbonyl (C=O) groups is 3. The minimum absolute atomic E-state index is 0.0556. The lowest BCUT2D eigenvalue weighted by Crippen LogP contribution is -2.49. The summed E-state index contributed by atoms with van der Waals surface area (Å²) in [5.74, 6) is -0.497. The van der Waals surface area contributed by atoms with E-state index in [2.05, 4.69) is 5.32 Å². The third-order valence-corrected chi connectivity index (χ3v) is 8.74. The van der Waals surface area contributed by atoms with Crippen LogP contribution >= 0.6 is 0 Å². The van der Waals surface area contributed by atoms with Crippen molar-refractivity contribution >= 4 is 33.4 Å². The number of benzene rings is 1. The van der Waals surface area contributed by atoms with Gasteiger partial charge in [0.2, 0.25) is 27.7 Å². The van der Waals surface area contributed by atoms with E-state index in [9.17, 15) is 22.8 Å². The maximum atomic E-state index is 13.1. The average Bonchev–Trinajstić information content (AvgIpc) is 3.50. The highest BCUT2D eigenvalue weighted by Gasteiger charge is 2.34. The van der Waals surface area contributed by atoms with Crippen LogP contribution in [0.4, 0.5) is 5.69 Å². The van der Waals surface area contributed by atoms with Gasteiger partial charge in [-0.1, -0.05) is 0 Å². The molecule has 0 aliphatic carbocycles. The molecule has 3 amide bonds. The first-order valence-electron chi connectivity index (χ1n) is 11.8. The quantitative estimate of drug-likeness (QED) is 0.667. The Labute approximate surface area is 195 Å². The number of hydrogen-bond acceptors (Lipinski definition) is 5. The molecule has 3 aliphatic rings. The van der Waals surface area contributed by atoms with Crippen molar-refractivity contribution in [2.75, 3.05) is 37.6 Å². The Kier molecular flexibility index (Phi) is 7.04. The summed E-state index contributed by atoms with van der Waals surface area (Å²) in [5.41, 5.74) is 0.712. The number of likely N-dealkylation sites (tertiary alicyclic amines) is 1. The van der Waals surface area contributed by atoms with Crippen molar-refractivity contribution in [1.29, 1.82) is 0 Å². The number of rotatable bonds is 6. The molecule has 0 bridgehead atoms. The van der Waals surface area contributed by atoms with Crippen molar-refractivity contribution in [2.45, 2.75) is 56.4 Å². The fraction of sp³-hybridized carbons (Fsp3) is 0.609. The van der Waals surface area contributed by atoms with Gasteiger partial charge in [0.1, 0.15) is 6.04 Å². The third kappa shape index (κ3) is 5.06. The van der Waals surface area contributed by atoms with E-state index in [1.54, 1.807) is 41.0 Å². The van der Waals surface area contributed by atoms with Gasteiger partial charge in [0.15, 0.2) is 0 Å². The summed E-state index contributed by atoms with van der Waals surface area (Å²) in [5, 5.41) is 2.82. The number of hydrogen-bond donors (Lipinski definition) is 1. The van der Waals surface area contributed by atoms with Crippen LogP contribution in [0, 0.1) is 5.92 Å². The summed E-state index contributed by atoms with van der Waals surface area (Å²) in [4.78, 5) is 40.6. The molecule has 3 aliphatic heterocycles. The van der Waals surface area contributed by atoms with Crippen LogP contribution in [0.5, 0.6) is 0 Å². The second kappa shape index (κ2) is 9.80. The summed E-state index contributed by atoms with van der Waals surface area (Å²) in [6.45, 7) is 4.35. The number of nitrogens with zero attached hydrogens (tertiary/aromatic N) is 3.